The molecule has 1 heterocycles. The van der Waals surface area contributed by atoms with Gasteiger partial charge in [-0.15, -0.1) is 10.2 Å². The molecule has 0 fully saturated rings. The second-order valence-corrected chi connectivity index (χ2v) is 5.05. The minimum atomic E-state index is 0.506. The van der Waals surface area contributed by atoms with E-state index in [1.54, 1.807) is 0 Å². The van der Waals surface area contributed by atoms with Gasteiger partial charge >= 0.3 is 0 Å². The molecule has 0 aliphatic rings. The molecule has 90 valence electrons. The smallest absolute Gasteiger partial charge is 0.203 e. The summed E-state index contributed by atoms with van der Waals surface area (Å²) in [4.78, 5) is 0. The van der Waals surface area contributed by atoms with E-state index in [0.29, 0.717) is 11.7 Å². The number of nitrogens with two attached hydrogens (primary N) is 1. The number of aromatic nitrogens is 2. The van der Waals surface area contributed by atoms with Gasteiger partial charge in [-0.05, 0) is 37.1 Å². The van der Waals surface area contributed by atoms with Gasteiger partial charge in [-0.3, -0.25) is 0 Å². The van der Waals surface area contributed by atoms with Crippen LogP contribution in [0.3, 0.4) is 0 Å². The standard InChI is InChI=1S/C12H15N3OS/c1-8-5-9(2)7-10(6-8)16-4-3-11-14-15-12(13)17-11/h5-7H,3-4H2,1-2H3,(H2,13,15). The van der Waals surface area contributed by atoms with Crippen LogP contribution < -0.4 is 10.5 Å². The number of ether oxygens (including phenoxy) is 1. The quantitative estimate of drug-likeness (QED) is 0.903. The van der Waals surface area contributed by atoms with Crippen molar-refractivity contribution >= 4 is 16.5 Å². The van der Waals surface area contributed by atoms with Crippen molar-refractivity contribution in [2.45, 2.75) is 20.3 Å². The van der Waals surface area contributed by atoms with E-state index in [1.807, 2.05) is 12.1 Å². The minimum Gasteiger partial charge on any atom is -0.493 e. The number of hydrogen-bond donors (Lipinski definition) is 1. The molecule has 2 aromatic rings. The number of rotatable bonds is 4. The monoisotopic (exact) mass is 249 g/mol. The Kier molecular flexibility index (Phi) is 3.58. The first-order valence-electron chi connectivity index (χ1n) is 5.42. The molecule has 2 rings (SSSR count). The van der Waals surface area contributed by atoms with E-state index in [1.165, 1.54) is 22.5 Å². The van der Waals surface area contributed by atoms with Gasteiger partial charge in [-0.1, -0.05) is 17.4 Å². The van der Waals surface area contributed by atoms with Crippen LogP contribution >= 0.6 is 11.3 Å². The van der Waals surface area contributed by atoms with Crippen molar-refractivity contribution in [1.82, 2.24) is 10.2 Å². The second kappa shape index (κ2) is 5.14. The molecule has 4 nitrogen and oxygen atoms in total. The summed E-state index contributed by atoms with van der Waals surface area (Å²) >= 11 is 1.40. The number of nitrogens with zero attached hydrogens (tertiary/aromatic N) is 2. The highest BCUT2D eigenvalue weighted by atomic mass is 32.1. The molecular weight excluding hydrogens is 234 g/mol. The summed E-state index contributed by atoms with van der Waals surface area (Å²) in [7, 11) is 0. The molecule has 0 bridgehead atoms. The number of anilines is 1. The highest BCUT2D eigenvalue weighted by Gasteiger charge is 2.02. The Labute approximate surface area is 104 Å². The topological polar surface area (TPSA) is 61.0 Å². The molecule has 1 aromatic carbocycles. The molecule has 2 N–H and O–H groups in total. The fourth-order valence-corrected chi connectivity index (χ4v) is 2.23. The van der Waals surface area contributed by atoms with Gasteiger partial charge in [-0.2, -0.15) is 0 Å². The summed E-state index contributed by atoms with van der Waals surface area (Å²) < 4.78 is 5.68. The maximum atomic E-state index is 5.68. The van der Waals surface area contributed by atoms with Gasteiger partial charge in [0.05, 0.1) is 6.61 Å². The Hall–Kier alpha value is -1.62. The Morgan fingerprint density at radius 2 is 1.88 bits per heavy atom. The van der Waals surface area contributed by atoms with Crippen LogP contribution in [0.25, 0.3) is 0 Å². The van der Waals surface area contributed by atoms with Crippen LogP contribution in [0.15, 0.2) is 18.2 Å². The van der Waals surface area contributed by atoms with Crippen LogP contribution in [-0.4, -0.2) is 16.8 Å². The molecule has 0 amide bonds. The third-order valence-corrected chi connectivity index (χ3v) is 3.07. The van der Waals surface area contributed by atoms with Crippen molar-refractivity contribution in [2.75, 3.05) is 12.3 Å². The first-order chi connectivity index (χ1) is 8.13. The van der Waals surface area contributed by atoms with Gasteiger partial charge in [0.25, 0.3) is 0 Å². The normalized spacial score (nSPS) is 10.5. The van der Waals surface area contributed by atoms with Gasteiger partial charge in [0, 0.05) is 6.42 Å². The predicted molar refractivity (Wildman–Crippen MR) is 69.4 cm³/mol. The zero-order valence-corrected chi connectivity index (χ0v) is 10.8. The van der Waals surface area contributed by atoms with Crippen molar-refractivity contribution in [3.8, 4) is 5.75 Å². The van der Waals surface area contributed by atoms with E-state index in [9.17, 15) is 0 Å². The number of hydrogen-bond acceptors (Lipinski definition) is 5. The zero-order valence-electron chi connectivity index (χ0n) is 9.93. The molecule has 0 atom stereocenters. The maximum Gasteiger partial charge on any atom is 0.203 e. The highest BCUT2D eigenvalue weighted by Crippen LogP contribution is 2.17. The summed E-state index contributed by atoms with van der Waals surface area (Å²) in [5.74, 6) is 0.903. The third kappa shape index (κ3) is 3.42. The lowest BCUT2D eigenvalue weighted by atomic mass is 10.1. The Bertz CT molecular complexity index is 490. The molecule has 0 saturated heterocycles. The van der Waals surface area contributed by atoms with E-state index < -0.39 is 0 Å². The van der Waals surface area contributed by atoms with E-state index in [-0.39, 0.29) is 0 Å². The second-order valence-electron chi connectivity index (χ2n) is 3.96. The molecule has 0 spiro atoms. The molecule has 1 aromatic heterocycles. The molecular formula is C12H15N3OS. The average Bonchev–Trinajstić information content (AvgIpc) is 2.63. The van der Waals surface area contributed by atoms with Gasteiger partial charge in [0.1, 0.15) is 10.8 Å². The van der Waals surface area contributed by atoms with Gasteiger partial charge in [-0.25, -0.2) is 0 Å². The van der Waals surface area contributed by atoms with Crippen LogP contribution in [0.2, 0.25) is 0 Å². The van der Waals surface area contributed by atoms with E-state index >= 15 is 0 Å². The highest BCUT2D eigenvalue weighted by molar-refractivity contribution is 7.15. The summed E-state index contributed by atoms with van der Waals surface area (Å²) in [6, 6.07) is 6.18. The average molecular weight is 249 g/mol. The van der Waals surface area contributed by atoms with Crippen LogP contribution in [0.5, 0.6) is 5.75 Å². The number of benzene rings is 1. The van der Waals surface area contributed by atoms with E-state index in [4.69, 9.17) is 10.5 Å². The molecule has 0 aliphatic heterocycles. The van der Waals surface area contributed by atoms with Crippen molar-refractivity contribution in [3.05, 3.63) is 34.3 Å². The lowest BCUT2D eigenvalue weighted by Crippen LogP contribution is -2.01. The van der Waals surface area contributed by atoms with Gasteiger partial charge in [0.2, 0.25) is 5.13 Å². The first-order valence-corrected chi connectivity index (χ1v) is 6.24. The lowest BCUT2D eigenvalue weighted by Gasteiger charge is -2.06. The number of aryl methyl sites for hydroxylation is 2. The Balaban J connectivity index is 1.89. The predicted octanol–water partition coefficient (Wildman–Crippen LogP) is 2.36. The molecule has 0 saturated carbocycles. The van der Waals surface area contributed by atoms with Crippen LogP contribution in [0.1, 0.15) is 16.1 Å². The van der Waals surface area contributed by atoms with Gasteiger partial charge < -0.3 is 10.5 Å². The Morgan fingerprint density at radius 1 is 1.18 bits per heavy atom. The SMILES string of the molecule is Cc1cc(C)cc(OCCc2nnc(N)s2)c1. The lowest BCUT2D eigenvalue weighted by molar-refractivity contribution is 0.321. The van der Waals surface area contributed by atoms with E-state index in [2.05, 4.69) is 30.1 Å². The molecule has 0 radical (unpaired) electrons. The van der Waals surface area contributed by atoms with E-state index in [0.717, 1.165) is 17.2 Å². The van der Waals surface area contributed by atoms with Crippen LogP contribution in [-0.2, 0) is 6.42 Å². The Morgan fingerprint density at radius 3 is 2.47 bits per heavy atom. The fourth-order valence-electron chi connectivity index (χ4n) is 1.64. The number of nitrogen functional groups attached to an aromatic ring is 1. The van der Waals surface area contributed by atoms with Crippen LogP contribution in [0.4, 0.5) is 5.13 Å². The molecule has 17 heavy (non-hydrogen) atoms. The van der Waals surface area contributed by atoms with Gasteiger partial charge in [0.15, 0.2) is 0 Å². The summed E-state index contributed by atoms with van der Waals surface area (Å²) in [5.41, 5.74) is 7.92. The zero-order chi connectivity index (χ0) is 12.3. The fraction of sp³-hybridized carbons (Fsp3) is 0.333. The first kappa shape index (κ1) is 11.9. The summed E-state index contributed by atoms with van der Waals surface area (Å²) in [5, 5.41) is 9.12. The van der Waals surface area contributed by atoms with Crippen molar-refractivity contribution in [2.24, 2.45) is 0 Å². The summed E-state index contributed by atoms with van der Waals surface area (Å²) in [6.45, 7) is 4.72. The minimum absolute atomic E-state index is 0.506. The molecule has 5 heteroatoms. The van der Waals surface area contributed by atoms with Crippen molar-refractivity contribution < 1.29 is 4.74 Å². The van der Waals surface area contributed by atoms with Crippen molar-refractivity contribution in [1.29, 1.82) is 0 Å². The molecule has 0 unspecified atom stereocenters. The third-order valence-electron chi connectivity index (χ3n) is 2.26. The van der Waals surface area contributed by atoms with Crippen LogP contribution in [0, 0.1) is 13.8 Å². The molecule has 0 aliphatic carbocycles. The largest absolute Gasteiger partial charge is 0.493 e. The maximum absolute atomic E-state index is 5.68. The summed E-state index contributed by atoms with van der Waals surface area (Å²) in [6.07, 6.45) is 0.738. The van der Waals surface area contributed by atoms with Crippen molar-refractivity contribution in [3.63, 3.8) is 0 Å².